The molecule has 0 aliphatic carbocycles. The molecule has 0 heterocycles. The smallest absolute Gasteiger partial charge is 0.0291 e. The molecular weight excluding hydrogens is 156 g/mol. The molecule has 0 aliphatic rings. The fourth-order valence-electron chi connectivity index (χ4n) is 1.29. The van der Waals surface area contributed by atoms with Gasteiger partial charge < -0.3 is 0 Å². The van der Waals surface area contributed by atoms with Gasteiger partial charge in [0.2, 0.25) is 0 Å². The van der Waals surface area contributed by atoms with Gasteiger partial charge in [0.1, 0.15) is 0 Å². The maximum atomic E-state index is 3.75. The van der Waals surface area contributed by atoms with Gasteiger partial charge in [0.05, 0.1) is 0 Å². The van der Waals surface area contributed by atoms with Crippen LogP contribution in [-0.2, 0) is 0 Å². The summed E-state index contributed by atoms with van der Waals surface area (Å²) in [5.74, 6) is 0.722. The number of rotatable bonds is 5. The normalized spacial score (nSPS) is 13.7. The molecule has 0 aromatic heterocycles. The lowest BCUT2D eigenvalue weighted by atomic mass is 9.98. The summed E-state index contributed by atoms with van der Waals surface area (Å²) in [7, 11) is 0. The summed E-state index contributed by atoms with van der Waals surface area (Å²) in [6, 6.07) is 0. The molecule has 1 unspecified atom stereocenters. The average molecular weight is 178 g/mol. The van der Waals surface area contributed by atoms with E-state index in [2.05, 4.69) is 46.4 Å². The Bertz CT molecular complexity index is 202. The molecule has 74 valence electrons. The first-order valence-electron chi connectivity index (χ1n) is 4.97. The fourth-order valence-corrected chi connectivity index (χ4v) is 1.29. The van der Waals surface area contributed by atoms with Gasteiger partial charge in [-0.15, -0.1) is 6.58 Å². The second-order valence-corrected chi connectivity index (χ2v) is 4.09. The molecule has 0 N–H and O–H groups in total. The number of allylic oxidation sites excluding steroid dienone is 5. The maximum absolute atomic E-state index is 3.75. The van der Waals surface area contributed by atoms with Crippen LogP contribution in [-0.4, -0.2) is 0 Å². The van der Waals surface area contributed by atoms with E-state index in [4.69, 9.17) is 0 Å². The Morgan fingerprint density at radius 1 is 1.23 bits per heavy atom. The minimum Gasteiger partial charge on any atom is -0.103 e. The van der Waals surface area contributed by atoms with Crippen LogP contribution >= 0.6 is 0 Å². The Balaban J connectivity index is 3.98. The molecular formula is C13H22. The molecule has 0 bridgehead atoms. The molecule has 0 nitrogen and oxygen atoms in total. The number of hydrogen-bond donors (Lipinski definition) is 0. The molecule has 0 rings (SSSR count). The minimum absolute atomic E-state index is 0.722. The molecule has 0 saturated heterocycles. The molecule has 0 saturated carbocycles. The van der Waals surface area contributed by atoms with E-state index in [-0.39, 0.29) is 0 Å². The van der Waals surface area contributed by atoms with Crippen molar-refractivity contribution in [3.05, 3.63) is 36.0 Å². The van der Waals surface area contributed by atoms with Gasteiger partial charge in [-0.1, -0.05) is 36.3 Å². The highest BCUT2D eigenvalue weighted by atomic mass is 14.0. The first kappa shape index (κ1) is 12.2. The summed E-state index contributed by atoms with van der Waals surface area (Å²) < 4.78 is 0. The molecule has 0 fully saturated rings. The summed E-state index contributed by atoms with van der Waals surface area (Å²) >= 11 is 0. The van der Waals surface area contributed by atoms with Gasteiger partial charge in [-0.25, -0.2) is 0 Å². The molecule has 13 heavy (non-hydrogen) atoms. The van der Waals surface area contributed by atoms with Crippen LogP contribution in [0.15, 0.2) is 36.0 Å². The highest BCUT2D eigenvalue weighted by Crippen LogP contribution is 2.14. The van der Waals surface area contributed by atoms with E-state index in [0.29, 0.717) is 0 Å². The van der Waals surface area contributed by atoms with Crippen LogP contribution in [0.25, 0.3) is 0 Å². The van der Waals surface area contributed by atoms with E-state index in [1.165, 1.54) is 17.6 Å². The topological polar surface area (TPSA) is 0 Å². The fraction of sp³-hybridized carbons (Fsp3) is 0.538. The first-order valence-corrected chi connectivity index (χ1v) is 4.97. The van der Waals surface area contributed by atoms with Gasteiger partial charge in [-0.3, -0.25) is 0 Å². The third-order valence-corrected chi connectivity index (χ3v) is 1.94. The van der Waals surface area contributed by atoms with E-state index in [9.17, 15) is 0 Å². The predicted octanol–water partition coefficient (Wildman–Crippen LogP) is 4.50. The third-order valence-electron chi connectivity index (χ3n) is 1.94. The summed E-state index contributed by atoms with van der Waals surface area (Å²) in [6.45, 7) is 12.5. The van der Waals surface area contributed by atoms with Crippen LogP contribution in [0.5, 0.6) is 0 Å². The summed E-state index contributed by atoms with van der Waals surface area (Å²) in [4.78, 5) is 0. The van der Waals surface area contributed by atoms with Crippen molar-refractivity contribution in [1.29, 1.82) is 0 Å². The van der Waals surface area contributed by atoms with Crippen molar-refractivity contribution in [3.8, 4) is 0 Å². The highest BCUT2D eigenvalue weighted by molar-refractivity contribution is 5.14. The van der Waals surface area contributed by atoms with Gasteiger partial charge in [0.25, 0.3) is 0 Å². The molecule has 0 heteroatoms. The van der Waals surface area contributed by atoms with Crippen molar-refractivity contribution >= 4 is 0 Å². The second-order valence-electron chi connectivity index (χ2n) is 4.09. The molecule has 0 aromatic carbocycles. The third kappa shape index (κ3) is 7.58. The second kappa shape index (κ2) is 6.71. The van der Waals surface area contributed by atoms with E-state index in [1.54, 1.807) is 0 Å². The van der Waals surface area contributed by atoms with Gasteiger partial charge in [-0.2, -0.15) is 0 Å². The van der Waals surface area contributed by atoms with E-state index in [0.717, 1.165) is 12.3 Å². The van der Waals surface area contributed by atoms with Crippen molar-refractivity contribution in [2.45, 2.75) is 40.5 Å². The largest absolute Gasteiger partial charge is 0.103 e. The van der Waals surface area contributed by atoms with Gasteiger partial charge in [-0.05, 0) is 39.5 Å². The van der Waals surface area contributed by atoms with Crippen molar-refractivity contribution in [1.82, 2.24) is 0 Å². The summed E-state index contributed by atoms with van der Waals surface area (Å²) in [5, 5.41) is 0. The van der Waals surface area contributed by atoms with Gasteiger partial charge >= 0.3 is 0 Å². The van der Waals surface area contributed by atoms with Crippen molar-refractivity contribution in [2.24, 2.45) is 5.92 Å². The molecule has 0 amide bonds. The van der Waals surface area contributed by atoms with Gasteiger partial charge in [0, 0.05) is 0 Å². The lowest BCUT2D eigenvalue weighted by molar-refractivity contribution is 0.587. The van der Waals surface area contributed by atoms with Gasteiger partial charge in [0.15, 0.2) is 0 Å². The molecule has 0 aliphatic heterocycles. The Morgan fingerprint density at radius 2 is 1.85 bits per heavy atom. The van der Waals surface area contributed by atoms with Crippen LogP contribution in [0.1, 0.15) is 40.5 Å². The Morgan fingerprint density at radius 3 is 2.31 bits per heavy atom. The molecule has 0 radical (unpaired) electrons. The minimum atomic E-state index is 0.722. The Labute approximate surface area is 83.0 Å². The van der Waals surface area contributed by atoms with E-state index in [1.807, 2.05) is 6.08 Å². The van der Waals surface area contributed by atoms with E-state index >= 15 is 0 Å². The average Bonchev–Trinajstić information content (AvgIpc) is 2.01. The Kier molecular flexibility index (Phi) is 6.30. The lowest BCUT2D eigenvalue weighted by Crippen LogP contribution is -1.92. The van der Waals surface area contributed by atoms with Crippen LogP contribution in [0.3, 0.4) is 0 Å². The first-order chi connectivity index (χ1) is 6.06. The zero-order valence-corrected chi connectivity index (χ0v) is 9.43. The predicted molar refractivity (Wildman–Crippen MR) is 61.8 cm³/mol. The quantitative estimate of drug-likeness (QED) is 0.429. The van der Waals surface area contributed by atoms with Crippen LogP contribution < -0.4 is 0 Å². The van der Waals surface area contributed by atoms with Crippen LogP contribution in [0.4, 0.5) is 0 Å². The summed E-state index contributed by atoms with van der Waals surface area (Å²) in [6.07, 6.45) is 8.68. The SMILES string of the molecule is C=CCC(C)C/C(C)=C/C=C(C)C. The molecule has 0 aromatic rings. The lowest BCUT2D eigenvalue weighted by Gasteiger charge is -2.07. The monoisotopic (exact) mass is 178 g/mol. The maximum Gasteiger partial charge on any atom is -0.0291 e. The van der Waals surface area contributed by atoms with Crippen molar-refractivity contribution in [3.63, 3.8) is 0 Å². The zero-order valence-electron chi connectivity index (χ0n) is 9.43. The highest BCUT2D eigenvalue weighted by Gasteiger charge is 1.99. The summed E-state index contributed by atoms with van der Waals surface area (Å²) in [5.41, 5.74) is 2.81. The molecule has 0 spiro atoms. The standard InChI is InChI=1S/C13H22/c1-6-7-12(4)10-13(5)9-8-11(2)3/h6,8-9,12H,1,7,10H2,2-5H3/b13-9+. The Hall–Kier alpha value is -0.780. The molecule has 1 atom stereocenters. The van der Waals surface area contributed by atoms with E-state index < -0.39 is 0 Å². The number of hydrogen-bond acceptors (Lipinski definition) is 0. The van der Waals surface area contributed by atoms with Crippen molar-refractivity contribution in [2.75, 3.05) is 0 Å². The van der Waals surface area contributed by atoms with Crippen molar-refractivity contribution < 1.29 is 0 Å². The van der Waals surface area contributed by atoms with Crippen LogP contribution in [0.2, 0.25) is 0 Å². The van der Waals surface area contributed by atoms with Crippen LogP contribution in [0, 0.1) is 5.92 Å². The zero-order chi connectivity index (χ0) is 10.3.